The maximum Gasteiger partial charge on any atom is 0.220 e. The van der Waals surface area contributed by atoms with Gasteiger partial charge in [-0.3, -0.25) is 4.79 Å². The molecule has 2 rings (SSSR count). The Hall–Kier alpha value is -2.24. The van der Waals surface area contributed by atoms with Gasteiger partial charge in [0.1, 0.15) is 0 Å². The van der Waals surface area contributed by atoms with Crippen molar-refractivity contribution in [2.24, 2.45) is 5.73 Å². The Bertz CT molecular complexity index is 737. The van der Waals surface area contributed by atoms with Crippen molar-refractivity contribution in [3.63, 3.8) is 0 Å². The molecule has 0 radical (unpaired) electrons. The predicted octanol–water partition coefficient (Wildman–Crippen LogP) is 3.57. The molecule has 0 aromatic heterocycles. The van der Waals surface area contributed by atoms with E-state index in [9.17, 15) is 4.79 Å². The molecule has 27 heavy (non-hydrogen) atoms. The second-order valence-corrected chi connectivity index (χ2v) is 6.26. The molecule has 1 amide bonds. The number of carbonyl (C=O) groups excluding carboxylic acids is 1. The lowest BCUT2D eigenvalue weighted by molar-refractivity contribution is -0.121. The first-order valence-electron chi connectivity index (χ1n) is 8.85. The minimum absolute atomic E-state index is 0. The number of hydrogen-bond donors (Lipinski definition) is 2. The number of nitrogens with two attached hydrogens (primary N) is 1. The minimum Gasteiger partial charge on any atom is -0.493 e. The van der Waals surface area contributed by atoms with Gasteiger partial charge in [-0.25, -0.2) is 0 Å². The summed E-state index contributed by atoms with van der Waals surface area (Å²) in [6.07, 6.45) is 1.80. The van der Waals surface area contributed by atoms with Crippen molar-refractivity contribution in [3.8, 4) is 11.5 Å². The van der Waals surface area contributed by atoms with E-state index in [2.05, 4.69) is 24.4 Å². The number of hydrogen-bond acceptors (Lipinski definition) is 4. The van der Waals surface area contributed by atoms with Crippen molar-refractivity contribution in [2.75, 3.05) is 20.8 Å². The molecule has 0 saturated carbocycles. The monoisotopic (exact) mass is 392 g/mol. The fourth-order valence-electron chi connectivity index (χ4n) is 2.91. The van der Waals surface area contributed by atoms with Crippen LogP contribution in [0.3, 0.4) is 0 Å². The van der Waals surface area contributed by atoms with Crippen LogP contribution in [-0.4, -0.2) is 26.7 Å². The first-order chi connectivity index (χ1) is 12.6. The van der Waals surface area contributed by atoms with Crippen LogP contribution in [0.4, 0.5) is 0 Å². The Balaban J connectivity index is 0.00000364. The van der Waals surface area contributed by atoms with E-state index in [1.165, 1.54) is 11.1 Å². The zero-order chi connectivity index (χ0) is 18.9. The second kappa shape index (κ2) is 11.5. The van der Waals surface area contributed by atoms with Gasteiger partial charge in [0, 0.05) is 6.42 Å². The van der Waals surface area contributed by atoms with Gasteiger partial charge in [0.05, 0.1) is 20.3 Å². The van der Waals surface area contributed by atoms with Gasteiger partial charge in [-0.15, -0.1) is 12.4 Å². The van der Waals surface area contributed by atoms with Gasteiger partial charge in [0.25, 0.3) is 0 Å². The summed E-state index contributed by atoms with van der Waals surface area (Å²) in [4.78, 5) is 12.3. The third-order valence-corrected chi connectivity index (χ3v) is 4.44. The van der Waals surface area contributed by atoms with E-state index in [0.717, 1.165) is 5.56 Å². The van der Waals surface area contributed by atoms with Gasteiger partial charge < -0.3 is 20.5 Å². The van der Waals surface area contributed by atoms with Gasteiger partial charge in [-0.1, -0.05) is 30.3 Å². The predicted molar refractivity (Wildman–Crippen MR) is 111 cm³/mol. The lowest BCUT2D eigenvalue weighted by atomic mass is 9.95. The Morgan fingerprint density at radius 2 is 1.81 bits per heavy atom. The molecule has 0 aliphatic heterocycles. The fraction of sp³-hybridized carbons (Fsp3) is 0.381. The van der Waals surface area contributed by atoms with Crippen molar-refractivity contribution in [1.29, 1.82) is 0 Å². The smallest absolute Gasteiger partial charge is 0.220 e. The number of amides is 1. The Labute approximate surface area is 167 Å². The van der Waals surface area contributed by atoms with Gasteiger partial charge in [-0.2, -0.15) is 0 Å². The van der Waals surface area contributed by atoms with E-state index < -0.39 is 0 Å². The van der Waals surface area contributed by atoms with Crippen LogP contribution < -0.4 is 20.5 Å². The molecule has 0 spiro atoms. The van der Waals surface area contributed by atoms with Crippen LogP contribution in [0.1, 0.15) is 35.6 Å². The highest BCUT2D eigenvalue weighted by Crippen LogP contribution is 2.31. The molecule has 0 aliphatic carbocycles. The molecule has 5 nitrogen and oxygen atoms in total. The maximum absolute atomic E-state index is 12.3. The average molecular weight is 393 g/mol. The normalized spacial score (nSPS) is 11.3. The molecular formula is C21H29ClN2O3. The molecule has 0 aliphatic rings. The van der Waals surface area contributed by atoms with Crippen molar-refractivity contribution >= 4 is 18.3 Å². The summed E-state index contributed by atoms with van der Waals surface area (Å²) in [6.45, 7) is 2.59. The topological polar surface area (TPSA) is 73.6 Å². The highest BCUT2D eigenvalue weighted by atomic mass is 35.5. The molecule has 0 fully saturated rings. The summed E-state index contributed by atoms with van der Waals surface area (Å²) >= 11 is 0. The zero-order valence-corrected chi connectivity index (χ0v) is 17.0. The van der Waals surface area contributed by atoms with Crippen molar-refractivity contribution < 1.29 is 14.3 Å². The largest absolute Gasteiger partial charge is 0.493 e. The molecule has 1 unspecified atom stereocenters. The maximum atomic E-state index is 12.3. The van der Waals surface area contributed by atoms with Gasteiger partial charge in [-0.05, 0) is 55.1 Å². The highest BCUT2D eigenvalue weighted by molar-refractivity contribution is 5.85. The summed E-state index contributed by atoms with van der Waals surface area (Å²) in [7, 11) is 3.22. The number of carbonyl (C=O) groups is 1. The van der Waals surface area contributed by atoms with E-state index in [1.807, 2.05) is 30.3 Å². The van der Waals surface area contributed by atoms with E-state index >= 15 is 0 Å². The molecule has 2 aromatic carbocycles. The van der Waals surface area contributed by atoms with E-state index in [1.54, 1.807) is 14.2 Å². The Kier molecular flexibility index (Phi) is 9.68. The first-order valence-corrected chi connectivity index (χ1v) is 8.85. The van der Waals surface area contributed by atoms with Crippen LogP contribution in [-0.2, 0) is 11.2 Å². The molecular weight excluding hydrogens is 364 g/mol. The number of rotatable bonds is 9. The summed E-state index contributed by atoms with van der Waals surface area (Å²) < 4.78 is 10.7. The van der Waals surface area contributed by atoms with Gasteiger partial charge in [0.2, 0.25) is 5.91 Å². The molecule has 0 bridgehead atoms. The Morgan fingerprint density at radius 3 is 2.44 bits per heavy atom. The molecule has 0 saturated heterocycles. The summed E-state index contributed by atoms with van der Waals surface area (Å²) in [5, 5.41) is 3.14. The standard InChI is InChI=1S/C21H28N2O3.ClH/c1-15-7-4-5-8-16(15)13-18(23-21(24)9-6-12-22)17-10-11-19(25-2)20(14-17)26-3;/h4-5,7-8,10-11,14,18H,6,9,12-13,22H2,1-3H3,(H,23,24);1H. The molecule has 6 heteroatoms. The van der Waals surface area contributed by atoms with Crippen LogP contribution in [0, 0.1) is 6.92 Å². The summed E-state index contributed by atoms with van der Waals surface area (Å²) in [5.74, 6) is 1.32. The van der Waals surface area contributed by atoms with Crippen LogP contribution >= 0.6 is 12.4 Å². The number of nitrogens with one attached hydrogen (secondary N) is 1. The number of methoxy groups -OCH3 is 2. The zero-order valence-electron chi connectivity index (χ0n) is 16.2. The van der Waals surface area contributed by atoms with Gasteiger partial charge in [0.15, 0.2) is 11.5 Å². The number of aryl methyl sites for hydroxylation is 1. The average Bonchev–Trinajstić information content (AvgIpc) is 2.66. The molecule has 0 heterocycles. The van der Waals surface area contributed by atoms with Crippen molar-refractivity contribution in [3.05, 3.63) is 59.2 Å². The van der Waals surface area contributed by atoms with Crippen molar-refractivity contribution in [1.82, 2.24) is 5.32 Å². The van der Waals surface area contributed by atoms with Crippen LogP contribution in [0.5, 0.6) is 11.5 Å². The molecule has 148 valence electrons. The van der Waals surface area contributed by atoms with Crippen LogP contribution in [0.2, 0.25) is 0 Å². The SMILES string of the molecule is COc1ccc(C(Cc2ccccc2C)NC(=O)CCCN)cc1OC.Cl. The third kappa shape index (κ3) is 6.45. The van der Waals surface area contributed by atoms with Gasteiger partial charge >= 0.3 is 0 Å². The Morgan fingerprint density at radius 1 is 1.11 bits per heavy atom. The minimum atomic E-state index is -0.152. The van der Waals surface area contributed by atoms with E-state index in [4.69, 9.17) is 15.2 Å². The highest BCUT2D eigenvalue weighted by Gasteiger charge is 2.18. The summed E-state index contributed by atoms with van der Waals surface area (Å²) in [6, 6.07) is 13.8. The fourth-order valence-corrected chi connectivity index (χ4v) is 2.91. The first kappa shape index (κ1) is 22.8. The third-order valence-electron chi connectivity index (χ3n) is 4.44. The summed E-state index contributed by atoms with van der Waals surface area (Å²) in [5.41, 5.74) is 8.90. The number of ether oxygens (including phenoxy) is 2. The molecule has 1 atom stereocenters. The van der Waals surface area contributed by atoms with E-state index in [0.29, 0.717) is 37.3 Å². The van der Waals surface area contributed by atoms with Crippen LogP contribution in [0.15, 0.2) is 42.5 Å². The molecule has 2 aromatic rings. The lowest BCUT2D eigenvalue weighted by Gasteiger charge is -2.22. The molecule has 3 N–H and O–H groups in total. The quantitative estimate of drug-likeness (QED) is 0.684. The number of halogens is 1. The number of benzene rings is 2. The van der Waals surface area contributed by atoms with Crippen LogP contribution in [0.25, 0.3) is 0 Å². The van der Waals surface area contributed by atoms with Crippen molar-refractivity contribution in [2.45, 2.75) is 32.2 Å². The lowest BCUT2D eigenvalue weighted by Crippen LogP contribution is -2.30. The van der Waals surface area contributed by atoms with E-state index in [-0.39, 0.29) is 24.4 Å². The second-order valence-electron chi connectivity index (χ2n) is 6.26.